The van der Waals surface area contributed by atoms with Crippen LogP contribution in [0.5, 0.6) is 0 Å². The van der Waals surface area contributed by atoms with Crippen molar-refractivity contribution in [1.29, 1.82) is 0 Å². The Balaban J connectivity index is 2.10. The molecule has 31 heavy (non-hydrogen) atoms. The summed E-state index contributed by atoms with van der Waals surface area (Å²) in [6, 6.07) is 0. The molecule has 2 rings (SSSR count). The van der Waals surface area contributed by atoms with Gasteiger partial charge in [-0.05, 0) is 68.1 Å². The van der Waals surface area contributed by atoms with Crippen LogP contribution in [0.2, 0.25) is 0 Å². The highest BCUT2D eigenvalue weighted by Gasteiger charge is 2.71. The van der Waals surface area contributed by atoms with Crippen molar-refractivity contribution in [2.24, 2.45) is 23.2 Å². The molecule has 2 saturated carbocycles. The van der Waals surface area contributed by atoms with Crippen LogP contribution in [0, 0.1) is 23.2 Å². The zero-order valence-corrected chi connectivity index (χ0v) is 18.4. The van der Waals surface area contributed by atoms with E-state index in [0.717, 1.165) is 39.2 Å². The molecule has 0 aromatic heterocycles. The highest BCUT2D eigenvalue weighted by Crippen LogP contribution is 2.60. The molecule has 2 fully saturated rings. The fraction of sp³-hybridized carbons (Fsp3) is 0.909. The van der Waals surface area contributed by atoms with Gasteiger partial charge in [-0.1, -0.05) is 31.9 Å². The van der Waals surface area contributed by atoms with E-state index < -0.39 is 31.2 Å². The summed E-state index contributed by atoms with van der Waals surface area (Å²) in [5.74, 6) is 0.548. The molecule has 2 aliphatic carbocycles. The molecule has 0 amide bonds. The molecule has 0 radical (unpaired) electrons. The van der Waals surface area contributed by atoms with Gasteiger partial charge in [0.25, 0.3) is 5.60 Å². The van der Waals surface area contributed by atoms with Crippen LogP contribution in [0.3, 0.4) is 0 Å². The number of aliphatic hydroxyl groups is 1. The van der Waals surface area contributed by atoms with E-state index in [-0.39, 0.29) is 36.7 Å². The molecule has 0 aromatic carbocycles. The van der Waals surface area contributed by atoms with Gasteiger partial charge in [-0.25, -0.2) is 0 Å². The van der Waals surface area contributed by atoms with Crippen molar-refractivity contribution >= 4 is 0 Å². The topological polar surface area (TPSA) is 38.7 Å². The van der Waals surface area contributed by atoms with Gasteiger partial charge in [-0.15, -0.1) is 0 Å². The summed E-state index contributed by atoms with van der Waals surface area (Å²) < 4.78 is 89.6. The number of aliphatic hydroxyl groups excluding tert-OH is 1. The van der Waals surface area contributed by atoms with Gasteiger partial charge >= 0.3 is 12.4 Å². The molecule has 0 heterocycles. The number of hydrogen-bond acceptors (Lipinski definition) is 3. The highest BCUT2D eigenvalue weighted by atomic mass is 19.4. The molecular weight excluding hydrogens is 426 g/mol. The fourth-order valence-corrected chi connectivity index (χ4v) is 6.09. The largest absolute Gasteiger partial charge is 0.426 e. The summed E-state index contributed by atoms with van der Waals surface area (Å²) in [5.41, 5.74) is -3.01. The molecule has 2 aliphatic rings. The van der Waals surface area contributed by atoms with E-state index in [4.69, 9.17) is 0 Å². The van der Waals surface area contributed by atoms with Crippen molar-refractivity contribution in [3.8, 4) is 0 Å². The van der Waals surface area contributed by atoms with Gasteiger partial charge in [-0.3, -0.25) is 0 Å². The highest BCUT2D eigenvalue weighted by molar-refractivity contribution is 5.18. The first-order valence-electron chi connectivity index (χ1n) is 10.9. The normalized spacial score (nSPS) is 29.9. The third-order valence-electron chi connectivity index (χ3n) is 7.61. The molecule has 182 valence electrons. The van der Waals surface area contributed by atoms with Gasteiger partial charge in [0.15, 0.2) is 0 Å². The molecule has 0 aliphatic heterocycles. The van der Waals surface area contributed by atoms with E-state index in [0.29, 0.717) is 5.92 Å². The summed E-state index contributed by atoms with van der Waals surface area (Å²) in [6.45, 7) is 3.02. The Morgan fingerprint density at radius 1 is 1.16 bits per heavy atom. The minimum atomic E-state index is -5.59. The summed E-state index contributed by atoms with van der Waals surface area (Å²) in [7, 11) is 0.987. The maximum Gasteiger partial charge on any atom is 0.426 e. The standard InChI is InChI=1S/C22H34F6O3/c1-15(17-8-9-18-16(10-13-29)7-5-11-19(17,18)2)6-4-12-20(21(23,24)25,22(26,27)28)31-14-30-3/h10,15,17-18,29H,4-9,11-14H2,1-3H3/b16-10+/t15?,17-,18+,19-/m1/s1. The molecule has 1 unspecified atom stereocenters. The van der Waals surface area contributed by atoms with Gasteiger partial charge in [0.05, 0.1) is 6.61 Å². The lowest BCUT2D eigenvalue weighted by Crippen LogP contribution is -2.59. The second-order valence-electron chi connectivity index (χ2n) is 9.30. The van der Waals surface area contributed by atoms with E-state index >= 15 is 0 Å². The van der Waals surface area contributed by atoms with E-state index in [1.54, 1.807) is 0 Å². The zero-order valence-electron chi connectivity index (χ0n) is 18.4. The molecular formula is C22H34F6O3. The molecule has 9 heteroatoms. The number of fused-ring (bicyclic) bond motifs is 1. The van der Waals surface area contributed by atoms with E-state index in [1.165, 1.54) is 5.57 Å². The lowest BCUT2D eigenvalue weighted by molar-refractivity contribution is -0.394. The predicted octanol–water partition coefficient (Wildman–Crippen LogP) is 6.41. The monoisotopic (exact) mass is 460 g/mol. The fourth-order valence-electron chi connectivity index (χ4n) is 6.09. The van der Waals surface area contributed by atoms with Gasteiger partial charge in [0, 0.05) is 7.11 Å². The molecule has 4 atom stereocenters. The molecule has 0 aromatic rings. The van der Waals surface area contributed by atoms with Crippen molar-refractivity contribution < 1.29 is 40.9 Å². The molecule has 0 saturated heterocycles. The minimum absolute atomic E-state index is 0.00920. The lowest BCUT2D eigenvalue weighted by Gasteiger charge is -2.44. The molecule has 3 nitrogen and oxygen atoms in total. The van der Waals surface area contributed by atoms with Crippen LogP contribution >= 0.6 is 0 Å². The molecule has 0 spiro atoms. The first-order valence-corrected chi connectivity index (χ1v) is 10.9. The average molecular weight is 460 g/mol. The van der Waals surface area contributed by atoms with Crippen molar-refractivity contribution in [1.82, 2.24) is 0 Å². The molecule has 0 bridgehead atoms. The van der Waals surface area contributed by atoms with Crippen LogP contribution in [0.25, 0.3) is 0 Å². The van der Waals surface area contributed by atoms with Gasteiger partial charge in [0.2, 0.25) is 0 Å². The SMILES string of the molecule is COCOC(CCCC(C)[C@H]1CC[C@H]2/C(=C/CO)CCC[C@]12C)(C(F)(F)F)C(F)(F)F. The van der Waals surface area contributed by atoms with Crippen molar-refractivity contribution in [3.05, 3.63) is 11.6 Å². The van der Waals surface area contributed by atoms with Crippen LogP contribution < -0.4 is 0 Å². The third-order valence-corrected chi connectivity index (χ3v) is 7.61. The van der Waals surface area contributed by atoms with Crippen LogP contribution in [0.15, 0.2) is 11.6 Å². The number of alkyl halides is 6. The zero-order chi connectivity index (χ0) is 23.5. The van der Waals surface area contributed by atoms with Crippen LogP contribution in [-0.2, 0) is 9.47 Å². The summed E-state index contributed by atoms with van der Waals surface area (Å²) in [6.07, 6.45) is -5.73. The lowest BCUT2D eigenvalue weighted by atomic mass is 9.60. The van der Waals surface area contributed by atoms with Crippen molar-refractivity contribution in [2.75, 3.05) is 20.5 Å². The maximum absolute atomic E-state index is 13.5. The average Bonchev–Trinajstić information content (AvgIpc) is 3.00. The summed E-state index contributed by atoms with van der Waals surface area (Å²) in [5, 5.41) is 9.30. The second kappa shape index (κ2) is 10.00. The Labute approximate surface area is 180 Å². The van der Waals surface area contributed by atoms with E-state index in [1.807, 2.05) is 13.0 Å². The van der Waals surface area contributed by atoms with Gasteiger partial charge in [0.1, 0.15) is 6.79 Å². The number of ether oxygens (including phenoxy) is 2. The summed E-state index contributed by atoms with van der Waals surface area (Å²) in [4.78, 5) is 0. The summed E-state index contributed by atoms with van der Waals surface area (Å²) >= 11 is 0. The number of allylic oxidation sites excluding steroid dienone is 1. The van der Waals surface area contributed by atoms with Crippen LogP contribution in [-0.4, -0.2) is 43.6 Å². The van der Waals surface area contributed by atoms with Gasteiger partial charge in [-0.2, -0.15) is 26.3 Å². The number of halogens is 6. The minimum Gasteiger partial charge on any atom is -0.392 e. The molecule has 1 N–H and O–H groups in total. The number of rotatable bonds is 9. The van der Waals surface area contributed by atoms with E-state index in [9.17, 15) is 31.4 Å². The maximum atomic E-state index is 13.5. The van der Waals surface area contributed by atoms with Crippen LogP contribution in [0.1, 0.15) is 65.2 Å². The smallest absolute Gasteiger partial charge is 0.392 e. The third kappa shape index (κ3) is 5.24. The Morgan fingerprint density at radius 3 is 2.35 bits per heavy atom. The first kappa shape index (κ1) is 26.5. The van der Waals surface area contributed by atoms with Crippen LogP contribution in [0.4, 0.5) is 26.3 Å². The number of methoxy groups -OCH3 is 1. The van der Waals surface area contributed by atoms with E-state index in [2.05, 4.69) is 16.4 Å². The Kier molecular flexibility index (Phi) is 8.53. The van der Waals surface area contributed by atoms with Gasteiger partial charge < -0.3 is 14.6 Å². The van der Waals surface area contributed by atoms with Crippen molar-refractivity contribution in [3.63, 3.8) is 0 Å². The first-order chi connectivity index (χ1) is 14.3. The van der Waals surface area contributed by atoms with Crippen molar-refractivity contribution in [2.45, 2.75) is 83.2 Å². The quantitative estimate of drug-likeness (QED) is 0.245. The Hall–Kier alpha value is -0.800. The number of hydrogen-bond donors (Lipinski definition) is 1. The predicted molar refractivity (Wildman–Crippen MR) is 104 cm³/mol. The Morgan fingerprint density at radius 2 is 1.81 bits per heavy atom. The Bertz CT molecular complexity index is 601. The second-order valence-corrected chi connectivity index (χ2v) is 9.30.